The molecule has 0 aromatic heterocycles. The summed E-state index contributed by atoms with van der Waals surface area (Å²) in [5.74, 6) is -0.541. The first-order chi connectivity index (χ1) is 19.6. The monoisotopic (exact) mass is 521 g/mol. The molecule has 0 spiro atoms. The minimum atomic E-state index is -0.487. The molecule has 1 aliphatic rings. The molecule has 4 heteroatoms. The predicted molar refractivity (Wildman–Crippen MR) is 164 cm³/mol. The third kappa shape index (κ3) is 5.63. The number of rotatable bonds is 8. The van der Waals surface area contributed by atoms with Crippen LogP contribution >= 0.6 is 0 Å². The van der Waals surface area contributed by atoms with Gasteiger partial charge in [-0.25, -0.2) is 0 Å². The molecule has 0 bridgehead atoms. The summed E-state index contributed by atoms with van der Waals surface area (Å²) < 4.78 is 0. The van der Waals surface area contributed by atoms with Crippen molar-refractivity contribution in [2.24, 2.45) is 4.99 Å². The molecule has 1 amide bonds. The summed E-state index contributed by atoms with van der Waals surface area (Å²) in [7, 11) is 2.13. The number of nitrogens with one attached hydrogen (secondary N) is 1. The predicted octanol–water partition coefficient (Wildman–Crippen LogP) is 7.84. The Morgan fingerprint density at radius 3 is 1.98 bits per heavy atom. The van der Waals surface area contributed by atoms with Crippen LogP contribution in [0.5, 0.6) is 0 Å². The lowest BCUT2D eigenvalue weighted by Gasteiger charge is -2.17. The number of nitrogens with zero attached hydrogens (tertiary/aromatic N) is 2. The Morgan fingerprint density at radius 1 is 0.700 bits per heavy atom. The van der Waals surface area contributed by atoms with Crippen LogP contribution in [-0.2, 0) is 17.9 Å². The van der Waals surface area contributed by atoms with Crippen molar-refractivity contribution < 1.29 is 4.79 Å². The summed E-state index contributed by atoms with van der Waals surface area (Å²) in [4.78, 5) is 20.8. The standard InChI is InChI=1S/C36H31N3O/c1-39(24-26-11-5-2-6-12-26)25-27-17-20-31(21-18-27)37-35(29-15-9-4-10-16-29)34-32-22-19-30(23-33(32)38-36(34)40)28-13-7-3-8-14-28/h2-23,34H,24-25H2,1H3,(H,38,40). The Kier molecular flexibility index (Phi) is 7.34. The van der Waals surface area contributed by atoms with Gasteiger partial charge in [0, 0.05) is 18.8 Å². The lowest BCUT2D eigenvalue weighted by atomic mass is 9.89. The van der Waals surface area contributed by atoms with Gasteiger partial charge in [0.25, 0.3) is 0 Å². The summed E-state index contributed by atoms with van der Waals surface area (Å²) in [5.41, 5.74) is 9.02. The molecule has 40 heavy (non-hydrogen) atoms. The first kappa shape index (κ1) is 25.5. The van der Waals surface area contributed by atoms with Gasteiger partial charge in [0.05, 0.1) is 11.4 Å². The second-order valence-electron chi connectivity index (χ2n) is 10.3. The van der Waals surface area contributed by atoms with Crippen molar-refractivity contribution in [3.63, 3.8) is 0 Å². The molecule has 4 nitrogen and oxygen atoms in total. The highest BCUT2D eigenvalue weighted by Crippen LogP contribution is 2.38. The number of carbonyl (C=O) groups excluding carboxylic acids is 1. The molecular weight excluding hydrogens is 490 g/mol. The van der Waals surface area contributed by atoms with E-state index in [1.54, 1.807) is 0 Å². The van der Waals surface area contributed by atoms with Crippen molar-refractivity contribution in [3.8, 4) is 11.1 Å². The summed E-state index contributed by atoms with van der Waals surface area (Å²) in [6.07, 6.45) is 0. The molecule has 0 fully saturated rings. The molecule has 0 saturated carbocycles. The van der Waals surface area contributed by atoms with Crippen molar-refractivity contribution in [2.45, 2.75) is 19.0 Å². The molecule has 0 saturated heterocycles. The molecule has 0 aliphatic carbocycles. The second-order valence-corrected chi connectivity index (χ2v) is 10.3. The molecule has 0 radical (unpaired) electrons. The summed E-state index contributed by atoms with van der Waals surface area (Å²) in [6.45, 7) is 1.73. The Balaban J connectivity index is 1.28. The van der Waals surface area contributed by atoms with E-state index in [4.69, 9.17) is 4.99 Å². The SMILES string of the molecule is CN(Cc1ccccc1)Cc1ccc(N=C(c2ccccc2)C2C(=O)Nc3cc(-c4ccccc4)ccc32)cc1. The van der Waals surface area contributed by atoms with Gasteiger partial charge in [-0.2, -0.15) is 0 Å². The van der Waals surface area contributed by atoms with Gasteiger partial charge in [-0.05, 0) is 58.6 Å². The highest BCUT2D eigenvalue weighted by molar-refractivity contribution is 6.24. The topological polar surface area (TPSA) is 44.7 Å². The fourth-order valence-electron chi connectivity index (χ4n) is 5.33. The molecule has 5 aromatic rings. The maximum absolute atomic E-state index is 13.4. The quantitative estimate of drug-likeness (QED) is 0.211. The Morgan fingerprint density at radius 2 is 1.30 bits per heavy atom. The Labute approximate surface area is 235 Å². The van der Waals surface area contributed by atoms with Crippen LogP contribution in [-0.4, -0.2) is 23.6 Å². The Bertz CT molecular complexity index is 1630. The third-order valence-electron chi connectivity index (χ3n) is 7.27. The van der Waals surface area contributed by atoms with Crippen molar-refractivity contribution >= 4 is 23.0 Å². The molecule has 1 unspecified atom stereocenters. The third-order valence-corrected chi connectivity index (χ3v) is 7.27. The largest absolute Gasteiger partial charge is 0.325 e. The summed E-state index contributed by atoms with van der Waals surface area (Å²) in [5, 5.41) is 3.12. The van der Waals surface area contributed by atoms with Gasteiger partial charge >= 0.3 is 0 Å². The van der Waals surface area contributed by atoms with E-state index in [2.05, 4.69) is 84.0 Å². The number of benzene rings is 5. The highest BCUT2D eigenvalue weighted by Gasteiger charge is 2.35. The first-order valence-corrected chi connectivity index (χ1v) is 13.6. The van der Waals surface area contributed by atoms with Crippen LogP contribution in [0.15, 0.2) is 138 Å². The van der Waals surface area contributed by atoms with E-state index in [9.17, 15) is 4.79 Å². The molecule has 1 aliphatic heterocycles. The average molecular weight is 522 g/mol. The molecule has 1 N–H and O–H groups in total. The van der Waals surface area contributed by atoms with E-state index in [1.165, 1.54) is 11.1 Å². The normalized spacial score (nSPS) is 14.7. The molecule has 6 rings (SSSR count). The highest BCUT2D eigenvalue weighted by atomic mass is 16.2. The fourth-order valence-corrected chi connectivity index (χ4v) is 5.33. The average Bonchev–Trinajstić information content (AvgIpc) is 3.32. The number of hydrogen-bond acceptors (Lipinski definition) is 3. The number of carbonyl (C=O) groups is 1. The van der Waals surface area contributed by atoms with Crippen LogP contribution < -0.4 is 5.32 Å². The zero-order chi connectivity index (χ0) is 27.3. The van der Waals surface area contributed by atoms with Gasteiger partial charge in [-0.3, -0.25) is 14.7 Å². The van der Waals surface area contributed by atoms with E-state index in [0.717, 1.165) is 52.4 Å². The number of fused-ring (bicyclic) bond motifs is 1. The molecule has 196 valence electrons. The van der Waals surface area contributed by atoms with Gasteiger partial charge in [0.1, 0.15) is 5.92 Å². The zero-order valence-electron chi connectivity index (χ0n) is 22.5. The van der Waals surface area contributed by atoms with Crippen LogP contribution in [0.1, 0.15) is 28.2 Å². The number of hydrogen-bond donors (Lipinski definition) is 1. The number of amides is 1. The van der Waals surface area contributed by atoms with Crippen LogP contribution in [0.4, 0.5) is 11.4 Å². The van der Waals surface area contributed by atoms with E-state index >= 15 is 0 Å². The second kappa shape index (κ2) is 11.5. The van der Waals surface area contributed by atoms with Gasteiger partial charge in [-0.15, -0.1) is 0 Å². The summed E-state index contributed by atoms with van der Waals surface area (Å²) >= 11 is 0. The molecule has 5 aromatic carbocycles. The first-order valence-electron chi connectivity index (χ1n) is 13.6. The van der Waals surface area contributed by atoms with Gasteiger partial charge < -0.3 is 5.32 Å². The maximum Gasteiger partial charge on any atom is 0.238 e. The van der Waals surface area contributed by atoms with Crippen molar-refractivity contribution in [1.29, 1.82) is 0 Å². The van der Waals surface area contributed by atoms with E-state index < -0.39 is 5.92 Å². The van der Waals surface area contributed by atoms with Crippen LogP contribution in [0, 0.1) is 0 Å². The molecule has 1 atom stereocenters. The zero-order valence-corrected chi connectivity index (χ0v) is 22.5. The lowest BCUT2D eigenvalue weighted by molar-refractivity contribution is -0.115. The van der Waals surface area contributed by atoms with Crippen LogP contribution in [0.3, 0.4) is 0 Å². The summed E-state index contributed by atoms with van der Waals surface area (Å²) in [6, 6.07) is 45.3. The minimum absolute atomic E-state index is 0.0537. The van der Waals surface area contributed by atoms with E-state index in [0.29, 0.717) is 0 Å². The maximum atomic E-state index is 13.4. The van der Waals surface area contributed by atoms with E-state index in [-0.39, 0.29) is 5.91 Å². The minimum Gasteiger partial charge on any atom is -0.325 e. The van der Waals surface area contributed by atoms with Gasteiger partial charge in [0.2, 0.25) is 5.91 Å². The number of anilines is 1. The van der Waals surface area contributed by atoms with Crippen molar-refractivity contribution in [1.82, 2.24) is 4.90 Å². The van der Waals surface area contributed by atoms with Gasteiger partial charge in [0.15, 0.2) is 0 Å². The fraction of sp³-hybridized carbons (Fsp3) is 0.111. The van der Waals surface area contributed by atoms with Gasteiger partial charge in [-0.1, -0.05) is 115 Å². The van der Waals surface area contributed by atoms with Crippen LogP contribution in [0.2, 0.25) is 0 Å². The van der Waals surface area contributed by atoms with Crippen molar-refractivity contribution in [3.05, 3.63) is 156 Å². The van der Waals surface area contributed by atoms with Crippen LogP contribution in [0.25, 0.3) is 11.1 Å². The van der Waals surface area contributed by atoms with Crippen molar-refractivity contribution in [2.75, 3.05) is 12.4 Å². The smallest absolute Gasteiger partial charge is 0.238 e. The van der Waals surface area contributed by atoms with E-state index in [1.807, 2.05) is 66.7 Å². The number of aliphatic imine (C=N–C) groups is 1. The Hall–Kier alpha value is -4.80. The lowest BCUT2D eigenvalue weighted by Crippen LogP contribution is -2.22. The molecular formula is C36H31N3O. The molecule has 1 heterocycles.